The zero-order valence-corrected chi connectivity index (χ0v) is 14.7. The van der Waals surface area contributed by atoms with Crippen molar-refractivity contribution in [2.75, 3.05) is 13.2 Å². The standard InChI is InChI=1S/C16H21NO4S2/c1-12(2)10-21-14-3-5-15(6-4-14)23(19,20)17-9-16(18)13-7-8-22-11-13/h3-8,11-12,16-18H,9-10H2,1-2H3. The molecule has 0 bridgehead atoms. The fourth-order valence-electron chi connectivity index (χ4n) is 1.83. The Morgan fingerprint density at radius 1 is 1.22 bits per heavy atom. The van der Waals surface area contributed by atoms with Crippen molar-refractivity contribution in [3.8, 4) is 5.75 Å². The lowest BCUT2D eigenvalue weighted by atomic mass is 10.2. The molecule has 2 rings (SSSR count). The van der Waals surface area contributed by atoms with Crippen molar-refractivity contribution in [1.82, 2.24) is 4.72 Å². The maximum Gasteiger partial charge on any atom is 0.240 e. The lowest BCUT2D eigenvalue weighted by Crippen LogP contribution is -2.28. The first kappa shape index (κ1) is 17.9. The normalized spacial score (nSPS) is 13.2. The van der Waals surface area contributed by atoms with Crippen LogP contribution in [0.5, 0.6) is 5.75 Å². The van der Waals surface area contributed by atoms with Gasteiger partial charge < -0.3 is 9.84 Å². The molecular formula is C16H21NO4S2. The SMILES string of the molecule is CC(C)COc1ccc(S(=O)(=O)NCC(O)c2ccsc2)cc1. The van der Waals surface area contributed by atoms with Crippen LogP contribution in [0, 0.1) is 5.92 Å². The summed E-state index contributed by atoms with van der Waals surface area (Å²) < 4.78 is 32.4. The molecule has 23 heavy (non-hydrogen) atoms. The van der Waals surface area contributed by atoms with Crippen molar-refractivity contribution in [1.29, 1.82) is 0 Å². The van der Waals surface area contributed by atoms with Crippen LogP contribution < -0.4 is 9.46 Å². The zero-order chi connectivity index (χ0) is 16.9. The second kappa shape index (κ2) is 7.92. The maximum atomic E-state index is 12.2. The Hall–Kier alpha value is -1.41. The average molecular weight is 355 g/mol. The van der Waals surface area contributed by atoms with Crippen molar-refractivity contribution in [3.63, 3.8) is 0 Å². The minimum atomic E-state index is -3.66. The van der Waals surface area contributed by atoms with E-state index in [-0.39, 0.29) is 11.4 Å². The fourth-order valence-corrected chi connectivity index (χ4v) is 3.58. The molecule has 1 atom stereocenters. The van der Waals surface area contributed by atoms with Gasteiger partial charge in [0.15, 0.2) is 0 Å². The van der Waals surface area contributed by atoms with Gasteiger partial charge in [-0.15, -0.1) is 0 Å². The summed E-state index contributed by atoms with van der Waals surface area (Å²) in [4.78, 5) is 0.145. The van der Waals surface area contributed by atoms with E-state index in [1.807, 2.05) is 19.2 Å². The van der Waals surface area contributed by atoms with Gasteiger partial charge in [-0.1, -0.05) is 13.8 Å². The highest BCUT2D eigenvalue weighted by Gasteiger charge is 2.17. The van der Waals surface area contributed by atoms with E-state index in [1.165, 1.54) is 23.5 Å². The number of hydrogen-bond donors (Lipinski definition) is 2. The lowest BCUT2D eigenvalue weighted by molar-refractivity contribution is 0.182. The van der Waals surface area contributed by atoms with Gasteiger partial charge in [0.25, 0.3) is 0 Å². The van der Waals surface area contributed by atoms with Crippen LogP contribution >= 0.6 is 11.3 Å². The van der Waals surface area contributed by atoms with Gasteiger partial charge >= 0.3 is 0 Å². The predicted molar refractivity (Wildman–Crippen MR) is 91.2 cm³/mol. The van der Waals surface area contributed by atoms with Crippen LogP contribution in [-0.4, -0.2) is 26.7 Å². The van der Waals surface area contributed by atoms with Crippen molar-refractivity contribution in [3.05, 3.63) is 46.7 Å². The Bertz CT molecular complexity index is 694. The third-order valence-electron chi connectivity index (χ3n) is 3.11. The van der Waals surface area contributed by atoms with E-state index in [2.05, 4.69) is 4.72 Å². The summed E-state index contributed by atoms with van der Waals surface area (Å²) in [5.74, 6) is 1.04. The molecule has 1 aromatic heterocycles. The summed E-state index contributed by atoms with van der Waals surface area (Å²) in [6.45, 7) is 4.60. The van der Waals surface area contributed by atoms with Crippen LogP contribution in [0.2, 0.25) is 0 Å². The summed E-state index contributed by atoms with van der Waals surface area (Å²) >= 11 is 1.45. The summed E-state index contributed by atoms with van der Waals surface area (Å²) in [6, 6.07) is 8.02. The predicted octanol–water partition coefficient (Wildman–Crippen LogP) is 2.79. The summed E-state index contributed by atoms with van der Waals surface area (Å²) in [6.07, 6.45) is -0.857. The van der Waals surface area contributed by atoms with Gasteiger partial charge in [-0.2, -0.15) is 11.3 Å². The number of aliphatic hydroxyl groups excluding tert-OH is 1. The first-order chi connectivity index (χ1) is 10.9. The lowest BCUT2D eigenvalue weighted by Gasteiger charge is -2.12. The minimum Gasteiger partial charge on any atom is -0.493 e. The highest BCUT2D eigenvalue weighted by atomic mass is 32.2. The molecule has 0 saturated heterocycles. The number of rotatable bonds is 8. The summed E-state index contributed by atoms with van der Waals surface area (Å²) in [7, 11) is -3.66. The second-order valence-electron chi connectivity index (χ2n) is 5.60. The summed E-state index contributed by atoms with van der Waals surface area (Å²) in [5, 5.41) is 13.6. The molecule has 0 amide bonds. The molecule has 126 valence electrons. The van der Waals surface area contributed by atoms with E-state index in [0.29, 0.717) is 23.8 Å². The third kappa shape index (κ3) is 5.31. The van der Waals surface area contributed by atoms with Crippen LogP contribution in [0.3, 0.4) is 0 Å². The van der Waals surface area contributed by atoms with E-state index in [1.54, 1.807) is 23.6 Å². The molecule has 7 heteroatoms. The number of thiophene rings is 1. The van der Waals surface area contributed by atoms with Gasteiger partial charge in [-0.25, -0.2) is 13.1 Å². The topological polar surface area (TPSA) is 75.6 Å². The quantitative estimate of drug-likeness (QED) is 0.763. The fraction of sp³-hybridized carbons (Fsp3) is 0.375. The van der Waals surface area contributed by atoms with E-state index in [4.69, 9.17) is 4.74 Å². The Kier molecular flexibility index (Phi) is 6.17. The molecule has 0 fully saturated rings. The van der Waals surface area contributed by atoms with Gasteiger partial charge in [0, 0.05) is 6.54 Å². The Labute approximate surface area is 141 Å². The second-order valence-corrected chi connectivity index (χ2v) is 8.15. The number of ether oxygens (including phenoxy) is 1. The van der Waals surface area contributed by atoms with Crippen molar-refractivity contribution in [2.24, 2.45) is 5.92 Å². The van der Waals surface area contributed by atoms with E-state index in [9.17, 15) is 13.5 Å². The monoisotopic (exact) mass is 355 g/mol. The molecule has 0 spiro atoms. The first-order valence-corrected chi connectivity index (χ1v) is 9.74. The Morgan fingerprint density at radius 3 is 2.48 bits per heavy atom. The smallest absolute Gasteiger partial charge is 0.240 e. The Balaban J connectivity index is 1.96. The highest BCUT2D eigenvalue weighted by molar-refractivity contribution is 7.89. The molecule has 0 radical (unpaired) electrons. The number of benzene rings is 1. The van der Waals surface area contributed by atoms with Crippen LogP contribution in [0.4, 0.5) is 0 Å². The molecule has 0 aliphatic carbocycles. The van der Waals surface area contributed by atoms with E-state index < -0.39 is 16.1 Å². The van der Waals surface area contributed by atoms with Gasteiger partial charge in [-0.3, -0.25) is 0 Å². The molecular weight excluding hydrogens is 334 g/mol. The molecule has 2 aromatic rings. The van der Waals surface area contributed by atoms with Crippen LogP contribution in [0.1, 0.15) is 25.5 Å². The van der Waals surface area contributed by atoms with Crippen LogP contribution in [-0.2, 0) is 10.0 Å². The molecule has 5 nitrogen and oxygen atoms in total. The van der Waals surface area contributed by atoms with Crippen LogP contribution in [0.25, 0.3) is 0 Å². The average Bonchev–Trinajstić information content (AvgIpc) is 3.05. The Morgan fingerprint density at radius 2 is 1.91 bits per heavy atom. The molecule has 0 saturated carbocycles. The first-order valence-electron chi connectivity index (χ1n) is 7.31. The van der Waals surface area contributed by atoms with Crippen molar-refractivity contribution >= 4 is 21.4 Å². The zero-order valence-electron chi connectivity index (χ0n) is 13.1. The van der Waals surface area contributed by atoms with Gasteiger partial charge in [0.1, 0.15) is 5.75 Å². The third-order valence-corrected chi connectivity index (χ3v) is 5.25. The molecule has 0 aliphatic rings. The molecule has 1 unspecified atom stereocenters. The molecule has 2 N–H and O–H groups in total. The maximum absolute atomic E-state index is 12.2. The van der Waals surface area contributed by atoms with Gasteiger partial charge in [0.2, 0.25) is 10.0 Å². The largest absolute Gasteiger partial charge is 0.493 e. The summed E-state index contributed by atoms with van der Waals surface area (Å²) in [5.41, 5.74) is 0.704. The molecule has 1 heterocycles. The number of sulfonamides is 1. The van der Waals surface area contributed by atoms with Gasteiger partial charge in [-0.05, 0) is 52.6 Å². The van der Waals surface area contributed by atoms with E-state index >= 15 is 0 Å². The number of hydrogen-bond acceptors (Lipinski definition) is 5. The van der Waals surface area contributed by atoms with Crippen molar-refractivity contribution in [2.45, 2.75) is 24.8 Å². The highest BCUT2D eigenvalue weighted by Crippen LogP contribution is 2.18. The minimum absolute atomic E-state index is 0.0648. The number of aliphatic hydroxyl groups is 1. The van der Waals surface area contributed by atoms with Crippen LogP contribution in [0.15, 0.2) is 46.0 Å². The van der Waals surface area contributed by atoms with Gasteiger partial charge in [0.05, 0.1) is 17.6 Å². The molecule has 1 aromatic carbocycles. The van der Waals surface area contributed by atoms with Crippen molar-refractivity contribution < 1.29 is 18.3 Å². The number of nitrogens with one attached hydrogen (secondary N) is 1. The van der Waals surface area contributed by atoms with E-state index in [0.717, 1.165) is 0 Å². The molecule has 0 aliphatic heterocycles.